The average Bonchev–Trinajstić information content (AvgIpc) is 1.59. The van der Waals surface area contributed by atoms with E-state index in [1.165, 1.54) is 108 Å². The highest BCUT2D eigenvalue weighted by Crippen LogP contribution is 2.56. The van der Waals surface area contributed by atoms with E-state index in [1.54, 1.807) is 32.6 Å². The smallest absolute Gasteiger partial charge is 0.335 e. The third-order valence-electron chi connectivity index (χ3n) is 15.3. The Hall–Kier alpha value is -7.36. The van der Waals surface area contributed by atoms with Gasteiger partial charge in [-0.2, -0.15) is 29.8 Å². The summed E-state index contributed by atoms with van der Waals surface area (Å²) in [6.45, 7) is 17.1. The van der Waals surface area contributed by atoms with Gasteiger partial charge in [0.25, 0.3) is 30.4 Å². The Morgan fingerprint density at radius 3 is 1.54 bits per heavy atom. The summed E-state index contributed by atoms with van der Waals surface area (Å²) in [4.78, 5) is 10.4. The van der Waals surface area contributed by atoms with Crippen LogP contribution in [0.2, 0.25) is 0 Å². The van der Waals surface area contributed by atoms with Crippen LogP contribution in [0.5, 0.6) is 0 Å². The molecule has 9 rings (SSSR count). The molecule has 0 radical (unpaired) electrons. The number of benzene rings is 7. The minimum Gasteiger partial charge on any atom is -0.744 e. The van der Waals surface area contributed by atoms with Gasteiger partial charge in [-0.3, -0.25) is 13.7 Å². The van der Waals surface area contributed by atoms with Crippen LogP contribution < -0.4 is 14.4 Å². The Morgan fingerprint density at radius 2 is 1.06 bits per heavy atom. The Bertz CT molecular complexity index is 4890. The molecular weight excluding hydrogens is 1250 g/mol. The molecule has 7 aromatic carbocycles. The van der Waals surface area contributed by atoms with Crippen molar-refractivity contribution in [3.05, 3.63) is 174 Å². The number of hydrogen-bond acceptors (Lipinski definition) is 17. The molecule has 29 heteroatoms. The summed E-state index contributed by atoms with van der Waals surface area (Å²) >= 11 is 0. The first kappa shape index (κ1) is 65.6. The van der Waals surface area contributed by atoms with Gasteiger partial charge >= 0.3 is 5.97 Å². The highest BCUT2D eigenvalue weighted by Gasteiger charge is 2.48. The van der Waals surface area contributed by atoms with Gasteiger partial charge in [-0.05, 0) is 141 Å². The van der Waals surface area contributed by atoms with Crippen LogP contribution >= 0.6 is 0 Å². The Balaban J connectivity index is 0.00000132. The number of allylic oxidation sites excluding steroid dienone is 6. The Kier molecular flexibility index (Phi) is 17.6. The number of carboxylic acids is 1. The third-order valence-corrected chi connectivity index (χ3v) is 20.4. The lowest BCUT2D eigenvalue weighted by Gasteiger charge is -2.27. The largest absolute Gasteiger partial charge is 0.744 e. The van der Waals surface area contributed by atoms with Gasteiger partial charge in [-0.1, -0.05) is 56.3 Å². The van der Waals surface area contributed by atoms with Crippen molar-refractivity contribution in [3.63, 3.8) is 0 Å². The van der Waals surface area contributed by atoms with E-state index in [-0.39, 0.29) is 72.6 Å². The predicted molar refractivity (Wildman–Crippen MR) is 320 cm³/mol. The van der Waals surface area contributed by atoms with Crippen molar-refractivity contribution < 1.29 is 92.6 Å². The van der Waals surface area contributed by atoms with Gasteiger partial charge in [0, 0.05) is 57.4 Å². The second-order valence-electron chi connectivity index (χ2n) is 21.2. The zero-order valence-electron chi connectivity index (χ0n) is 47.1. The minimum absolute atomic E-state index is 0.00986. The fourth-order valence-electron chi connectivity index (χ4n) is 11.0. The van der Waals surface area contributed by atoms with E-state index >= 15 is 0 Å². The molecule has 0 spiro atoms. The molecule has 2 aliphatic heterocycles. The summed E-state index contributed by atoms with van der Waals surface area (Å²) in [5, 5.41) is 9.03. The summed E-state index contributed by atoms with van der Waals surface area (Å²) < 4.78 is 222. The summed E-state index contributed by atoms with van der Waals surface area (Å²) in [6.07, 6.45) is 6.01. The van der Waals surface area contributed by atoms with Gasteiger partial charge in [0.1, 0.15) is 40.1 Å². The van der Waals surface area contributed by atoms with E-state index in [1.807, 2.05) is 0 Å². The van der Waals surface area contributed by atoms with Gasteiger partial charge in [-0.15, -0.1) is 0 Å². The summed E-state index contributed by atoms with van der Waals surface area (Å²) in [7, 11) is -31.0. The number of carboxylic acid groups (broad SMARTS) is 1. The second kappa shape index (κ2) is 23.3. The van der Waals surface area contributed by atoms with Gasteiger partial charge in [-0.25, -0.2) is 30.0 Å². The first-order chi connectivity index (χ1) is 40.2. The van der Waals surface area contributed by atoms with E-state index in [0.717, 1.165) is 66.7 Å². The topological polar surface area (TPSA) is 383 Å². The molecule has 0 aromatic heterocycles. The number of fused-ring (bicyclic) bond motifs is 6. The third kappa shape index (κ3) is 13.0. The molecule has 0 aliphatic carbocycles. The van der Waals surface area contributed by atoms with Gasteiger partial charge in [0.2, 0.25) is 11.4 Å². The van der Waals surface area contributed by atoms with Crippen molar-refractivity contribution in [2.75, 3.05) is 24.5 Å². The maximum atomic E-state index is 13.2. The molecule has 0 fully saturated rings. The number of nitrogens with zero attached hydrogens (tertiary/aromatic N) is 2. The van der Waals surface area contributed by atoms with E-state index in [2.05, 4.69) is 20.8 Å². The fourth-order valence-corrected chi connectivity index (χ4v) is 14.5. The van der Waals surface area contributed by atoms with Crippen LogP contribution in [-0.2, 0) is 71.5 Å². The number of carbonyl (C=O) groups is 1. The molecule has 0 unspecified atom stereocenters. The van der Waals surface area contributed by atoms with Crippen molar-refractivity contribution >= 4 is 122 Å². The first-order valence-electron chi connectivity index (χ1n) is 26.1. The van der Waals surface area contributed by atoms with E-state index in [4.69, 9.17) is 0 Å². The SMILES string of the molecule is CC1(C)C(/C=C/C(=C/C=C2/N(c3cccc(S(=O)(=O)O)c3)c3cc(S(=O)(=O)O)c4cc(S(=O)(=O)[O-])ccc4c3C2(C)C)c2ccc(C(=O)O)cc2)=[N+](c2cccc(S(=O)(=O)O)c2)c2cc(S(=O)(=O)[O-])c3cc(S(=O)(=O)[O-])ccc3c21.CC[NH+](CC)CC. The summed E-state index contributed by atoms with van der Waals surface area (Å²) in [6, 6.07) is 22.6. The molecule has 0 saturated carbocycles. The van der Waals surface area contributed by atoms with Crippen LogP contribution in [0, 0.1) is 0 Å². The zero-order valence-corrected chi connectivity index (χ0v) is 52.0. The molecule has 460 valence electrons. The molecule has 7 aromatic rings. The molecular formula is C58H56N3O20S6-. The first-order valence-corrected chi connectivity index (χ1v) is 34.7. The van der Waals surface area contributed by atoms with Crippen LogP contribution in [0.15, 0.2) is 181 Å². The molecule has 23 nitrogen and oxygen atoms in total. The Morgan fingerprint density at radius 1 is 0.552 bits per heavy atom. The number of aromatic carboxylic acids is 1. The second-order valence-corrected chi connectivity index (χ2v) is 29.6. The van der Waals surface area contributed by atoms with Crippen LogP contribution in [0.1, 0.15) is 75.5 Å². The molecule has 0 saturated heterocycles. The number of anilines is 2. The molecule has 0 atom stereocenters. The highest BCUT2D eigenvalue weighted by atomic mass is 32.2. The normalized spacial score (nSPS) is 16.0. The van der Waals surface area contributed by atoms with E-state index in [0.29, 0.717) is 5.56 Å². The highest BCUT2D eigenvalue weighted by molar-refractivity contribution is 7.87. The van der Waals surface area contributed by atoms with Crippen LogP contribution in [0.3, 0.4) is 0 Å². The summed E-state index contributed by atoms with van der Waals surface area (Å²) in [5.74, 6) is -1.29. The average molecular weight is 1310 g/mol. The minimum atomic E-state index is -5.50. The molecule has 0 bridgehead atoms. The molecule has 5 N–H and O–H groups in total. The number of nitrogens with one attached hydrogen (secondary N) is 1. The number of quaternary nitrogens is 1. The van der Waals surface area contributed by atoms with Crippen LogP contribution in [0.4, 0.5) is 22.7 Å². The standard InChI is InChI=1S/C52H42N2O20S6.C6H15N/c1-51(2)46(53(32-7-5-9-34(23-32)75(57,58)59)42-27-44(79(69,70)71)40-25-36(77(63,64)65)17-19-38(40)48(42)51)21-15-30(29-11-13-31(14-12-29)50(55)56)16-22-47-52(3,4)49-39-20-18-37(78(66,67)68)26-41(39)45(80(72,73)74)28-43(49)54(47)33-8-6-10-35(24-33)76(60,61)62;1-4-7(5-2)6-3/h5-28H,1-4H3,(H6-,55,56,57,58,59,60,61,62,63,64,65,66,67,68,69,70,71,72,73,74);4-6H2,1-3H3/p-1. The monoisotopic (exact) mass is 1310 g/mol. The maximum Gasteiger partial charge on any atom is 0.335 e. The maximum absolute atomic E-state index is 13.2. The van der Waals surface area contributed by atoms with E-state index in [9.17, 15) is 87.7 Å². The quantitative estimate of drug-likeness (QED) is 0.0360. The lowest BCUT2D eigenvalue weighted by atomic mass is 9.78. The number of hydrogen-bond donors (Lipinski definition) is 5. The van der Waals surface area contributed by atoms with Crippen molar-refractivity contribution in [3.8, 4) is 0 Å². The van der Waals surface area contributed by atoms with Crippen LogP contribution in [-0.4, -0.2) is 114 Å². The van der Waals surface area contributed by atoms with Gasteiger partial charge in [0.15, 0.2) is 5.71 Å². The summed E-state index contributed by atoms with van der Waals surface area (Å²) in [5.41, 5.74) is -1.60. The zero-order chi connectivity index (χ0) is 64.5. The van der Waals surface area contributed by atoms with Crippen molar-refractivity contribution in [1.82, 2.24) is 4.58 Å². The van der Waals surface area contributed by atoms with Crippen molar-refractivity contribution in [1.29, 1.82) is 0 Å². The number of rotatable bonds is 16. The van der Waals surface area contributed by atoms with Crippen LogP contribution in [0.25, 0.3) is 27.1 Å². The van der Waals surface area contributed by atoms with Crippen molar-refractivity contribution in [2.45, 2.75) is 88.7 Å². The van der Waals surface area contributed by atoms with E-state index < -0.39 is 112 Å². The van der Waals surface area contributed by atoms with Crippen molar-refractivity contribution in [2.24, 2.45) is 0 Å². The lowest BCUT2D eigenvalue weighted by Crippen LogP contribution is -3.11. The molecule has 2 aliphatic rings. The molecule has 0 amide bonds. The van der Waals surface area contributed by atoms with Gasteiger partial charge < -0.3 is 28.6 Å². The lowest BCUT2D eigenvalue weighted by molar-refractivity contribution is -0.894. The molecule has 2 heterocycles. The Labute approximate surface area is 503 Å². The van der Waals surface area contributed by atoms with Gasteiger partial charge in [0.05, 0.1) is 55.9 Å². The fraction of sp³-hybridized carbons (Fsp3) is 0.207. The molecule has 87 heavy (non-hydrogen) atoms. The predicted octanol–water partition coefficient (Wildman–Crippen LogP) is 7.29.